The molecule has 0 aromatic heterocycles. The molecule has 2 N–H and O–H groups in total. The molecular weight excluding hydrogens is 232 g/mol. The summed E-state index contributed by atoms with van der Waals surface area (Å²) < 4.78 is 0. The molecule has 0 unspecified atom stereocenters. The normalized spacial score (nSPS) is 21.1. The lowest BCUT2D eigenvalue weighted by molar-refractivity contribution is 0.633. The Morgan fingerprint density at radius 1 is 1.06 bits per heavy atom. The quantitative estimate of drug-likeness (QED) is 0.896. The Bertz CT molecular complexity index is 332. The van der Waals surface area contributed by atoms with E-state index in [2.05, 4.69) is 29.2 Å². The monoisotopic (exact) mass is 252 g/mol. The lowest BCUT2D eigenvalue weighted by Crippen LogP contribution is -2.18. The van der Waals surface area contributed by atoms with E-state index in [4.69, 9.17) is 5.73 Å². The molecule has 0 amide bonds. The van der Waals surface area contributed by atoms with Crippen molar-refractivity contribution in [1.29, 1.82) is 0 Å². The fourth-order valence-electron chi connectivity index (χ4n) is 2.61. The third-order valence-corrected chi connectivity index (χ3v) is 3.88. The van der Waals surface area contributed by atoms with E-state index < -0.39 is 0 Å². The standard InChI is InChI=1S/C14H20N2.ClH/c15-14(11-3-4-11)12-5-7-13(8-6-12)16-9-1-2-10-16;/h5-8,11,14H,1-4,9-10,15H2;1H/t14-;/m0./s1. The highest BCUT2D eigenvalue weighted by Gasteiger charge is 2.29. The van der Waals surface area contributed by atoms with E-state index in [1.54, 1.807) is 0 Å². The van der Waals surface area contributed by atoms with Crippen LogP contribution in [0.3, 0.4) is 0 Å². The van der Waals surface area contributed by atoms with Crippen LogP contribution in [0.5, 0.6) is 0 Å². The SMILES string of the molecule is Cl.N[C@H](c1ccc(N2CCCC2)cc1)C1CC1. The van der Waals surface area contributed by atoms with Crippen molar-refractivity contribution >= 4 is 18.1 Å². The van der Waals surface area contributed by atoms with Gasteiger partial charge in [-0.15, -0.1) is 12.4 Å². The van der Waals surface area contributed by atoms with Crippen LogP contribution in [0.2, 0.25) is 0 Å². The zero-order valence-electron chi connectivity index (χ0n) is 10.1. The van der Waals surface area contributed by atoms with Crippen LogP contribution < -0.4 is 10.6 Å². The zero-order valence-corrected chi connectivity index (χ0v) is 11.0. The molecule has 0 bridgehead atoms. The minimum atomic E-state index is 0. The summed E-state index contributed by atoms with van der Waals surface area (Å²) >= 11 is 0. The van der Waals surface area contributed by atoms with Gasteiger partial charge in [-0.3, -0.25) is 0 Å². The molecule has 3 heteroatoms. The van der Waals surface area contributed by atoms with Crippen LogP contribution in [0.15, 0.2) is 24.3 Å². The number of hydrogen-bond donors (Lipinski definition) is 1. The highest BCUT2D eigenvalue weighted by atomic mass is 35.5. The Morgan fingerprint density at radius 2 is 1.65 bits per heavy atom. The molecular formula is C14H21ClN2. The van der Waals surface area contributed by atoms with Crippen LogP contribution in [0.4, 0.5) is 5.69 Å². The van der Waals surface area contributed by atoms with Crippen molar-refractivity contribution < 1.29 is 0 Å². The average molecular weight is 253 g/mol. The van der Waals surface area contributed by atoms with Gasteiger partial charge in [-0.05, 0) is 49.3 Å². The number of anilines is 1. The number of hydrogen-bond acceptors (Lipinski definition) is 2. The molecule has 1 saturated carbocycles. The zero-order chi connectivity index (χ0) is 11.0. The molecule has 1 aliphatic heterocycles. The number of rotatable bonds is 3. The first-order valence-corrected chi connectivity index (χ1v) is 6.45. The minimum absolute atomic E-state index is 0. The van der Waals surface area contributed by atoms with Crippen LogP contribution in [0.1, 0.15) is 37.3 Å². The van der Waals surface area contributed by atoms with E-state index in [1.165, 1.54) is 50.0 Å². The number of benzene rings is 1. The maximum Gasteiger partial charge on any atom is 0.0366 e. The van der Waals surface area contributed by atoms with Crippen molar-refractivity contribution in [1.82, 2.24) is 0 Å². The Balaban J connectivity index is 0.00000108. The summed E-state index contributed by atoms with van der Waals surface area (Å²) in [6, 6.07) is 9.19. The van der Waals surface area contributed by atoms with Gasteiger partial charge in [0.1, 0.15) is 0 Å². The maximum absolute atomic E-state index is 6.19. The second-order valence-electron chi connectivity index (χ2n) is 5.15. The second kappa shape index (κ2) is 5.28. The predicted octanol–water partition coefficient (Wildman–Crippen LogP) is 3.12. The Hall–Kier alpha value is -0.730. The molecule has 1 aromatic rings. The van der Waals surface area contributed by atoms with Crippen LogP contribution in [0.25, 0.3) is 0 Å². The molecule has 2 aliphatic rings. The molecule has 1 aromatic carbocycles. The van der Waals surface area contributed by atoms with Crippen LogP contribution >= 0.6 is 12.4 Å². The van der Waals surface area contributed by atoms with E-state index in [1.807, 2.05) is 0 Å². The third-order valence-electron chi connectivity index (χ3n) is 3.88. The summed E-state index contributed by atoms with van der Waals surface area (Å²) in [6.45, 7) is 2.43. The van der Waals surface area contributed by atoms with E-state index in [0.717, 1.165) is 5.92 Å². The number of halogens is 1. The summed E-state index contributed by atoms with van der Waals surface area (Å²) in [7, 11) is 0. The molecule has 1 saturated heterocycles. The lowest BCUT2D eigenvalue weighted by Gasteiger charge is -2.19. The summed E-state index contributed by atoms with van der Waals surface area (Å²) in [5.74, 6) is 0.748. The largest absolute Gasteiger partial charge is 0.372 e. The predicted molar refractivity (Wildman–Crippen MR) is 74.8 cm³/mol. The van der Waals surface area contributed by atoms with Crippen molar-refractivity contribution in [3.63, 3.8) is 0 Å². The molecule has 2 fully saturated rings. The van der Waals surface area contributed by atoms with Gasteiger partial charge in [-0.1, -0.05) is 12.1 Å². The Kier molecular flexibility index (Phi) is 3.95. The van der Waals surface area contributed by atoms with Gasteiger partial charge in [-0.2, -0.15) is 0 Å². The van der Waals surface area contributed by atoms with Crippen molar-refractivity contribution in [3.8, 4) is 0 Å². The van der Waals surface area contributed by atoms with Gasteiger partial charge >= 0.3 is 0 Å². The summed E-state index contributed by atoms with van der Waals surface area (Å²) in [5, 5.41) is 0. The minimum Gasteiger partial charge on any atom is -0.372 e. The molecule has 17 heavy (non-hydrogen) atoms. The fraction of sp³-hybridized carbons (Fsp3) is 0.571. The second-order valence-corrected chi connectivity index (χ2v) is 5.15. The van der Waals surface area contributed by atoms with Crippen molar-refractivity contribution in [2.45, 2.75) is 31.7 Å². The van der Waals surface area contributed by atoms with Crippen molar-refractivity contribution in [3.05, 3.63) is 29.8 Å². The average Bonchev–Trinajstić information content (AvgIpc) is 3.04. The van der Waals surface area contributed by atoms with Crippen molar-refractivity contribution in [2.75, 3.05) is 18.0 Å². The van der Waals surface area contributed by atoms with E-state index in [9.17, 15) is 0 Å². The maximum atomic E-state index is 6.19. The van der Waals surface area contributed by atoms with E-state index >= 15 is 0 Å². The third kappa shape index (κ3) is 2.75. The van der Waals surface area contributed by atoms with Gasteiger partial charge in [0.2, 0.25) is 0 Å². The summed E-state index contributed by atoms with van der Waals surface area (Å²) in [5.41, 5.74) is 8.87. The Labute approximate surface area is 110 Å². The first-order valence-electron chi connectivity index (χ1n) is 6.45. The number of nitrogens with zero attached hydrogens (tertiary/aromatic N) is 1. The summed E-state index contributed by atoms with van der Waals surface area (Å²) in [4.78, 5) is 2.46. The molecule has 1 atom stereocenters. The van der Waals surface area contributed by atoms with Gasteiger partial charge in [0.15, 0.2) is 0 Å². The fourth-order valence-corrected chi connectivity index (χ4v) is 2.61. The van der Waals surface area contributed by atoms with E-state index in [-0.39, 0.29) is 18.4 Å². The first-order chi connectivity index (χ1) is 7.84. The molecule has 0 radical (unpaired) electrons. The van der Waals surface area contributed by atoms with Crippen LogP contribution in [-0.2, 0) is 0 Å². The molecule has 2 nitrogen and oxygen atoms in total. The van der Waals surface area contributed by atoms with E-state index in [0.29, 0.717) is 0 Å². The van der Waals surface area contributed by atoms with Gasteiger partial charge < -0.3 is 10.6 Å². The van der Waals surface area contributed by atoms with Gasteiger partial charge in [0.25, 0.3) is 0 Å². The van der Waals surface area contributed by atoms with Crippen LogP contribution in [0, 0.1) is 5.92 Å². The topological polar surface area (TPSA) is 29.3 Å². The Morgan fingerprint density at radius 3 is 2.18 bits per heavy atom. The van der Waals surface area contributed by atoms with Gasteiger partial charge in [0, 0.05) is 24.8 Å². The summed E-state index contributed by atoms with van der Waals surface area (Å²) in [6.07, 6.45) is 5.30. The van der Waals surface area contributed by atoms with Crippen LogP contribution in [-0.4, -0.2) is 13.1 Å². The number of nitrogens with two attached hydrogens (primary N) is 1. The molecule has 1 heterocycles. The molecule has 1 aliphatic carbocycles. The first kappa shape index (κ1) is 12.7. The van der Waals surface area contributed by atoms with Gasteiger partial charge in [-0.25, -0.2) is 0 Å². The highest BCUT2D eigenvalue weighted by Crippen LogP contribution is 2.39. The highest BCUT2D eigenvalue weighted by molar-refractivity contribution is 5.85. The van der Waals surface area contributed by atoms with Gasteiger partial charge in [0.05, 0.1) is 0 Å². The lowest BCUT2D eigenvalue weighted by atomic mass is 10.0. The molecule has 3 rings (SSSR count). The smallest absolute Gasteiger partial charge is 0.0366 e. The molecule has 94 valence electrons. The molecule has 0 spiro atoms. The van der Waals surface area contributed by atoms with Crippen molar-refractivity contribution in [2.24, 2.45) is 11.7 Å².